The fourth-order valence-corrected chi connectivity index (χ4v) is 3.26. The normalized spacial score (nSPS) is 11.0. The second kappa shape index (κ2) is 7.52. The molecule has 136 valence electrons. The number of aromatic nitrogens is 4. The molecule has 4 aromatic rings. The van der Waals surface area contributed by atoms with Crippen molar-refractivity contribution in [3.8, 4) is 11.3 Å². The molecule has 0 aliphatic carbocycles. The minimum atomic E-state index is -0.550. The molecule has 0 aliphatic heterocycles. The van der Waals surface area contributed by atoms with Gasteiger partial charge in [0.25, 0.3) is 5.91 Å². The summed E-state index contributed by atoms with van der Waals surface area (Å²) in [6.45, 7) is 1.69. The number of carbonyl (C=O) groups is 1. The molecular weight excluding hydrogens is 370 g/mol. The summed E-state index contributed by atoms with van der Waals surface area (Å²) < 4.78 is 1.89. The van der Waals surface area contributed by atoms with Crippen LogP contribution < -0.4 is 27.2 Å². The van der Waals surface area contributed by atoms with Crippen LogP contribution in [0.25, 0.3) is 22.2 Å². The first-order valence-electron chi connectivity index (χ1n) is 9.04. The van der Waals surface area contributed by atoms with Gasteiger partial charge in [0.05, 0.1) is 29.9 Å². The second-order valence-corrected chi connectivity index (χ2v) is 6.98. The molecule has 0 saturated carbocycles. The summed E-state index contributed by atoms with van der Waals surface area (Å²) in [5, 5.41) is 3.50. The number of aryl methyl sites for hydroxylation is 1. The molecule has 0 atom stereocenters. The molecular formula is C20H13B4N5O. The molecule has 0 fully saturated rings. The highest BCUT2D eigenvalue weighted by Gasteiger charge is 2.17. The topological polar surface area (TPSA) is 72.7 Å². The number of nitrogens with zero attached hydrogens (tertiary/aromatic N) is 4. The SMILES string of the molecule is [B]c1c([B])c(C(=O)Nc2cc3cc(-c4cncn4C)cnc3cn2)c([B])c([B])c1C. The minimum Gasteiger partial charge on any atom is -0.334 e. The molecule has 3 heterocycles. The summed E-state index contributed by atoms with van der Waals surface area (Å²) in [5.41, 5.74) is 3.67. The first-order chi connectivity index (χ1) is 14.3. The maximum absolute atomic E-state index is 12.9. The number of rotatable bonds is 3. The Bertz CT molecular complexity index is 1290. The molecule has 8 radical (unpaired) electrons. The maximum Gasteiger partial charge on any atom is 0.255 e. The molecule has 0 aliphatic rings. The fraction of sp³-hybridized carbons (Fsp3) is 0.100. The molecule has 0 spiro atoms. The van der Waals surface area contributed by atoms with Crippen LogP contribution in [-0.2, 0) is 7.05 Å². The monoisotopic (exact) mass is 383 g/mol. The zero-order valence-corrected chi connectivity index (χ0v) is 16.5. The van der Waals surface area contributed by atoms with Gasteiger partial charge < -0.3 is 9.88 Å². The molecule has 0 bridgehead atoms. The minimum absolute atomic E-state index is 0.0271. The Kier molecular flexibility index (Phi) is 5.02. The lowest BCUT2D eigenvalue weighted by Gasteiger charge is -2.19. The molecule has 4 rings (SSSR count). The van der Waals surface area contributed by atoms with Crippen LogP contribution in [0, 0.1) is 6.92 Å². The Labute approximate surface area is 179 Å². The lowest BCUT2D eigenvalue weighted by Crippen LogP contribution is -2.49. The van der Waals surface area contributed by atoms with E-state index in [1.807, 2.05) is 17.7 Å². The zero-order valence-electron chi connectivity index (χ0n) is 16.5. The van der Waals surface area contributed by atoms with E-state index in [9.17, 15) is 4.79 Å². The number of carbonyl (C=O) groups excluding carboxylic acids is 1. The third-order valence-corrected chi connectivity index (χ3v) is 5.08. The molecule has 1 amide bonds. The highest BCUT2D eigenvalue weighted by atomic mass is 16.1. The van der Waals surface area contributed by atoms with Crippen LogP contribution in [0.4, 0.5) is 5.82 Å². The summed E-state index contributed by atoms with van der Waals surface area (Å²) in [7, 11) is 25.9. The molecule has 30 heavy (non-hydrogen) atoms. The van der Waals surface area contributed by atoms with Crippen LogP contribution in [0.2, 0.25) is 0 Å². The van der Waals surface area contributed by atoms with E-state index in [1.165, 1.54) is 0 Å². The van der Waals surface area contributed by atoms with Crippen LogP contribution in [0.1, 0.15) is 15.9 Å². The number of pyridine rings is 2. The van der Waals surface area contributed by atoms with E-state index in [-0.39, 0.29) is 27.4 Å². The number of nitrogens with one attached hydrogen (secondary N) is 1. The van der Waals surface area contributed by atoms with Crippen molar-refractivity contribution in [1.82, 2.24) is 19.5 Å². The number of fused-ring (bicyclic) bond motifs is 1. The summed E-state index contributed by atoms with van der Waals surface area (Å²) in [5.74, 6) is -0.237. The van der Waals surface area contributed by atoms with E-state index in [2.05, 4.69) is 20.3 Å². The van der Waals surface area contributed by atoms with Gasteiger partial charge in [-0.1, -0.05) is 16.5 Å². The lowest BCUT2D eigenvalue weighted by atomic mass is 9.64. The summed E-state index contributed by atoms with van der Waals surface area (Å²) >= 11 is 0. The Morgan fingerprint density at radius 2 is 1.67 bits per heavy atom. The van der Waals surface area contributed by atoms with E-state index < -0.39 is 5.91 Å². The number of benzene rings is 1. The van der Waals surface area contributed by atoms with E-state index >= 15 is 0 Å². The molecule has 6 nitrogen and oxygen atoms in total. The van der Waals surface area contributed by atoms with Crippen LogP contribution in [0.3, 0.4) is 0 Å². The zero-order chi connectivity index (χ0) is 21.6. The number of amides is 1. The van der Waals surface area contributed by atoms with Crippen molar-refractivity contribution in [2.24, 2.45) is 7.05 Å². The van der Waals surface area contributed by atoms with E-state index in [0.717, 1.165) is 16.6 Å². The third kappa shape index (κ3) is 3.32. The predicted molar refractivity (Wildman–Crippen MR) is 122 cm³/mol. The number of imidazole rings is 1. The maximum atomic E-state index is 12.9. The third-order valence-electron chi connectivity index (χ3n) is 5.08. The molecule has 1 aromatic carbocycles. The standard InChI is InChI=1S/C20H13B4N5O/c1-9-16(21)18(23)15(19(24)17(9)22)20(30)28-14-4-10-3-11(5-26-12(10)6-27-14)13-7-25-8-29(13)2/h3-8H,1-2H3,(H,27,28,30). The van der Waals surface area contributed by atoms with Gasteiger partial charge in [-0.05, 0) is 19.1 Å². The Morgan fingerprint density at radius 3 is 2.30 bits per heavy atom. The highest BCUT2D eigenvalue weighted by Crippen LogP contribution is 2.23. The molecule has 10 heteroatoms. The van der Waals surface area contributed by atoms with Crippen molar-refractivity contribution in [3.05, 3.63) is 48.2 Å². The average molecular weight is 383 g/mol. The van der Waals surface area contributed by atoms with Crippen LogP contribution in [-0.4, -0.2) is 56.8 Å². The second-order valence-electron chi connectivity index (χ2n) is 6.98. The number of anilines is 1. The van der Waals surface area contributed by atoms with Crippen LogP contribution in [0.15, 0.2) is 37.1 Å². The van der Waals surface area contributed by atoms with Crippen molar-refractivity contribution in [3.63, 3.8) is 0 Å². The average Bonchev–Trinajstić information content (AvgIpc) is 3.16. The van der Waals surface area contributed by atoms with Crippen molar-refractivity contribution >= 4 is 75.9 Å². The Balaban J connectivity index is 1.71. The number of hydrogen-bond donors (Lipinski definition) is 1. The van der Waals surface area contributed by atoms with Gasteiger partial charge in [-0.25, -0.2) is 9.97 Å². The summed E-state index contributed by atoms with van der Waals surface area (Å²) in [6, 6.07) is 3.66. The Hall–Kier alpha value is -3.28. The first kappa shape index (κ1) is 20.0. The predicted octanol–water partition coefficient (Wildman–Crippen LogP) is -1.23. The quantitative estimate of drug-likeness (QED) is 0.450. The van der Waals surface area contributed by atoms with Crippen molar-refractivity contribution in [2.45, 2.75) is 6.92 Å². The first-order valence-corrected chi connectivity index (χ1v) is 9.04. The van der Waals surface area contributed by atoms with Gasteiger partial charge in [0.2, 0.25) is 0 Å². The molecule has 0 unspecified atom stereocenters. The van der Waals surface area contributed by atoms with Gasteiger partial charge in [-0.2, -0.15) is 0 Å². The van der Waals surface area contributed by atoms with Crippen LogP contribution >= 0.6 is 0 Å². The van der Waals surface area contributed by atoms with Gasteiger partial charge in [0.1, 0.15) is 37.2 Å². The van der Waals surface area contributed by atoms with Crippen molar-refractivity contribution in [2.75, 3.05) is 5.32 Å². The lowest BCUT2D eigenvalue weighted by molar-refractivity contribution is 0.102. The largest absolute Gasteiger partial charge is 0.334 e. The van der Waals surface area contributed by atoms with Gasteiger partial charge in [0.15, 0.2) is 0 Å². The van der Waals surface area contributed by atoms with E-state index in [1.54, 1.807) is 37.9 Å². The van der Waals surface area contributed by atoms with E-state index in [0.29, 0.717) is 16.9 Å². The van der Waals surface area contributed by atoms with Crippen molar-refractivity contribution in [1.29, 1.82) is 0 Å². The van der Waals surface area contributed by atoms with Gasteiger partial charge in [-0.15, -0.1) is 10.9 Å². The van der Waals surface area contributed by atoms with Gasteiger partial charge in [0, 0.05) is 29.8 Å². The Morgan fingerprint density at radius 1 is 0.967 bits per heavy atom. The summed E-state index contributed by atoms with van der Waals surface area (Å²) in [6.07, 6.45) is 6.79. The van der Waals surface area contributed by atoms with E-state index in [4.69, 9.17) is 31.4 Å². The fourth-order valence-electron chi connectivity index (χ4n) is 3.26. The van der Waals surface area contributed by atoms with Crippen LogP contribution in [0.5, 0.6) is 0 Å². The van der Waals surface area contributed by atoms with Gasteiger partial charge >= 0.3 is 0 Å². The summed E-state index contributed by atoms with van der Waals surface area (Å²) in [4.78, 5) is 25.7. The smallest absolute Gasteiger partial charge is 0.255 e. The highest BCUT2D eigenvalue weighted by molar-refractivity contribution is 6.60. The van der Waals surface area contributed by atoms with Crippen molar-refractivity contribution < 1.29 is 4.79 Å². The molecule has 1 N–H and O–H groups in total. The number of hydrogen-bond acceptors (Lipinski definition) is 4. The molecule has 3 aromatic heterocycles. The molecule has 0 saturated heterocycles. The van der Waals surface area contributed by atoms with Gasteiger partial charge in [-0.3, -0.25) is 9.78 Å².